The zero-order valence-electron chi connectivity index (χ0n) is 5.00. The van der Waals surface area contributed by atoms with Crippen molar-refractivity contribution in [1.82, 2.24) is 0 Å². The second-order valence-corrected chi connectivity index (χ2v) is 4.36. The predicted octanol–water partition coefficient (Wildman–Crippen LogP) is -2.15. The summed E-state index contributed by atoms with van der Waals surface area (Å²) >= 11 is 0. The molecule has 0 aromatic carbocycles. The molecule has 0 aromatic rings. The Morgan fingerprint density at radius 3 is 3.33 bits per heavy atom. The highest BCUT2D eigenvalue weighted by Gasteiger charge is 1.96. The van der Waals surface area contributed by atoms with Crippen LogP contribution < -0.4 is 5.73 Å². The minimum Gasteiger partial charge on any atom is -0.514 e. The third-order valence-corrected chi connectivity index (χ3v) is 3.06. The van der Waals surface area contributed by atoms with Crippen molar-refractivity contribution in [1.29, 1.82) is 0 Å². The quantitative estimate of drug-likeness (QED) is 0.414. The summed E-state index contributed by atoms with van der Waals surface area (Å²) in [7, 11) is -1.59. The van der Waals surface area contributed by atoms with Gasteiger partial charge in [0.25, 0.3) is 10.0 Å². The molecule has 1 rings (SSSR count). The molecule has 0 saturated heterocycles. The summed E-state index contributed by atoms with van der Waals surface area (Å²) in [5, 5.41) is 0. The van der Waals surface area contributed by atoms with E-state index < -0.39 is 20.0 Å². The van der Waals surface area contributed by atoms with Gasteiger partial charge in [0, 0.05) is 0 Å². The van der Waals surface area contributed by atoms with Crippen LogP contribution >= 0.6 is 0 Å². The van der Waals surface area contributed by atoms with Gasteiger partial charge in [-0.25, -0.2) is 0 Å². The maximum absolute atomic E-state index is 5.33. The molecule has 0 saturated carbocycles. The van der Waals surface area contributed by atoms with Gasteiger partial charge in [-0.2, -0.15) is 0 Å². The summed E-state index contributed by atoms with van der Waals surface area (Å²) in [5.41, 5.74) is 5.33. The van der Waals surface area contributed by atoms with Crippen LogP contribution in [0.5, 0.6) is 0 Å². The van der Waals surface area contributed by atoms with Gasteiger partial charge in [0.2, 0.25) is 0 Å². The van der Waals surface area contributed by atoms with E-state index in [1.165, 1.54) is 0 Å². The van der Waals surface area contributed by atoms with Crippen molar-refractivity contribution in [3.05, 3.63) is 12.0 Å². The Balaban J connectivity index is 2.32. The largest absolute Gasteiger partial charge is 0.514 e. The van der Waals surface area contributed by atoms with Crippen molar-refractivity contribution in [2.75, 3.05) is 6.61 Å². The lowest BCUT2D eigenvalue weighted by atomic mass is 10.6. The summed E-state index contributed by atoms with van der Waals surface area (Å²) < 4.78 is 15.1. The highest BCUT2D eigenvalue weighted by molar-refractivity contribution is 6.34. The van der Waals surface area contributed by atoms with Crippen LogP contribution in [0.4, 0.5) is 0 Å². The molecule has 0 spiro atoms. The molecule has 9 heavy (non-hydrogen) atoms. The van der Waals surface area contributed by atoms with Gasteiger partial charge in [-0.05, 0) is 6.08 Å². The third kappa shape index (κ3) is 2.65. The third-order valence-electron chi connectivity index (χ3n) is 0.878. The van der Waals surface area contributed by atoms with Crippen molar-refractivity contribution in [2.24, 2.45) is 5.73 Å². The molecule has 2 N–H and O–H groups in total. The van der Waals surface area contributed by atoms with Gasteiger partial charge in [-0.15, -0.1) is 0 Å². The van der Waals surface area contributed by atoms with Crippen LogP contribution in [-0.4, -0.2) is 26.6 Å². The van der Waals surface area contributed by atoms with E-state index in [1.54, 1.807) is 6.08 Å². The zero-order valence-corrected chi connectivity index (χ0v) is 7.83. The molecule has 0 amide bonds. The monoisotopic (exact) mass is 163 g/mol. The molecule has 0 aromatic heterocycles. The minimum atomic E-state index is -0.852. The zero-order chi connectivity index (χ0) is 6.53. The molecule has 0 atom stereocenters. The highest BCUT2D eigenvalue weighted by atomic mass is 28.3. The summed E-state index contributed by atoms with van der Waals surface area (Å²) in [6, 6.07) is 0. The Morgan fingerprint density at radius 1 is 1.56 bits per heavy atom. The van der Waals surface area contributed by atoms with Crippen molar-refractivity contribution >= 4 is 20.0 Å². The fourth-order valence-corrected chi connectivity index (χ4v) is 2.00. The van der Waals surface area contributed by atoms with Crippen molar-refractivity contribution in [3.8, 4) is 0 Å². The number of nitrogens with two attached hydrogens (primary N) is 1. The van der Waals surface area contributed by atoms with Gasteiger partial charge < -0.3 is 18.7 Å². The maximum atomic E-state index is 5.33. The van der Waals surface area contributed by atoms with Gasteiger partial charge in [-0.1, -0.05) is 0 Å². The smallest absolute Gasteiger partial charge is 0.358 e. The predicted molar refractivity (Wildman–Crippen MR) is 37.5 cm³/mol. The van der Waals surface area contributed by atoms with Crippen molar-refractivity contribution in [3.63, 3.8) is 0 Å². The molecule has 1 aliphatic heterocycles. The summed E-state index contributed by atoms with van der Waals surface area (Å²) in [5.74, 6) is 0.440. The van der Waals surface area contributed by atoms with Crippen molar-refractivity contribution < 1.29 is 13.0 Å². The second-order valence-electron chi connectivity index (χ2n) is 1.56. The first kappa shape index (κ1) is 6.81. The standard InChI is InChI=1S/C3H9NO3Si2/c4-3-1-2-5-8-7-9-6-3/h1H,2,4,8-9H2. The van der Waals surface area contributed by atoms with Crippen LogP contribution in [0.1, 0.15) is 0 Å². The number of hydrogen-bond acceptors (Lipinski definition) is 4. The molecule has 52 valence electrons. The van der Waals surface area contributed by atoms with Gasteiger partial charge >= 0.3 is 10.0 Å². The molecule has 0 radical (unpaired) electrons. The molecule has 0 aliphatic carbocycles. The van der Waals surface area contributed by atoms with Crippen LogP contribution in [0, 0.1) is 0 Å². The molecular formula is C3H9NO3Si2. The van der Waals surface area contributed by atoms with Crippen molar-refractivity contribution in [2.45, 2.75) is 0 Å². The normalized spacial score (nSPS) is 26.4. The molecule has 1 aliphatic rings. The van der Waals surface area contributed by atoms with Crippen LogP contribution in [-0.2, 0) is 13.0 Å². The van der Waals surface area contributed by atoms with E-state index in [1.807, 2.05) is 0 Å². The lowest BCUT2D eigenvalue weighted by Crippen LogP contribution is -2.18. The first-order valence-corrected chi connectivity index (χ1v) is 4.94. The molecular weight excluding hydrogens is 154 g/mol. The number of hydrogen-bond donors (Lipinski definition) is 1. The Hall–Kier alpha value is -0.306. The lowest BCUT2D eigenvalue weighted by molar-refractivity contribution is 0.279. The van der Waals surface area contributed by atoms with E-state index >= 15 is 0 Å². The van der Waals surface area contributed by atoms with Crippen LogP contribution in [0.15, 0.2) is 12.0 Å². The van der Waals surface area contributed by atoms with E-state index in [0.717, 1.165) is 0 Å². The second kappa shape index (κ2) is 3.67. The first-order valence-electron chi connectivity index (χ1n) is 2.63. The first-order chi connectivity index (χ1) is 4.39. The highest BCUT2D eigenvalue weighted by Crippen LogP contribution is 1.90. The summed E-state index contributed by atoms with van der Waals surface area (Å²) in [4.78, 5) is 0. The summed E-state index contributed by atoms with van der Waals surface area (Å²) in [6.45, 7) is 0.534. The van der Waals surface area contributed by atoms with Gasteiger partial charge in [-0.3, -0.25) is 0 Å². The molecule has 0 fully saturated rings. The minimum absolute atomic E-state index is 0.440. The molecule has 4 nitrogen and oxygen atoms in total. The Kier molecular flexibility index (Phi) is 2.78. The van der Waals surface area contributed by atoms with Gasteiger partial charge in [0.15, 0.2) is 5.88 Å². The lowest BCUT2D eigenvalue weighted by Gasteiger charge is -2.10. The molecule has 0 unspecified atom stereocenters. The van der Waals surface area contributed by atoms with E-state index in [0.29, 0.717) is 12.5 Å². The molecule has 6 heteroatoms. The Labute approximate surface area is 58.1 Å². The fourth-order valence-electron chi connectivity index (χ4n) is 0.451. The molecule has 0 bridgehead atoms. The van der Waals surface area contributed by atoms with Crippen LogP contribution in [0.3, 0.4) is 0 Å². The van der Waals surface area contributed by atoms with Crippen LogP contribution in [0.25, 0.3) is 0 Å². The Morgan fingerprint density at radius 2 is 2.44 bits per heavy atom. The number of rotatable bonds is 0. The fraction of sp³-hybridized carbons (Fsp3) is 0.333. The Bertz CT molecular complexity index is 118. The van der Waals surface area contributed by atoms with E-state index in [9.17, 15) is 0 Å². The molecule has 1 heterocycles. The van der Waals surface area contributed by atoms with Gasteiger partial charge in [0.05, 0.1) is 6.61 Å². The topological polar surface area (TPSA) is 53.7 Å². The average Bonchev–Trinajstić information content (AvgIpc) is 1.79. The van der Waals surface area contributed by atoms with E-state index in [2.05, 4.69) is 0 Å². The average molecular weight is 163 g/mol. The summed E-state index contributed by atoms with van der Waals surface area (Å²) in [6.07, 6.45) is 1.72. The van der Waals surface area contributed by atoms with E-state index in [-0.39, 0.29) is 0 Å². The van der Waals surface area contributed by atoms with Gasteiger partial charge in [0.1, 0.15) is 0 Å². The van der Waals surface area contributed by atoms with E-state index in [4.69, 9.17) is 18.7 Å². The van der Waals surface area contributed by atoms with Crippen LogP contribution in [0.2, 0.25) is 0 Å². The maximum Gasteiger partial charge on any atom is 0.358 e. The SMILES string of the molecule is NC1=CCO[SiH2]O[SiH2]O1.